The minimum absolute atomic E-state index is 0.114. The number of benzene rings is 1. The highest BCUT2D eigenvalue weighted by molar-refractivity contribution is 5.13. The molecule has 1 aromatic rings. The third kappa shape index (κ3) is 4.45. The van der Waals surface area contributed by atoms with E-state index in [1.807, 2.05) is 51.1 Å². The van der Waals surface area contributed by atoms with Gasteiger partial charge in [0, 0.05) is 0 Å². The Bertz CT molecular complexity index is 274. The van der Waals surface area contributed by atoms with E-state index in [-0.39, 0.29) is 5.41 Å². The average Bonchev–Trinajstić information content (AvgIpc) is 2.18. The van der Waals surface area contributed by atoms with E-state index in [9.17, 15) is 5.11 Å². The summed E-state index contributed by atoms with van der Waals surface area (Å²) < 4.78 is 5.46. The summed E-state index contributed by atoms with van der Waals surface area (Å²) in [7, 11) is 0. The summed E-state index contributed by atoms with van der Waals surface area (Å²) in [6.45, 7) is 6.96. The fourth-order valence-corrected chi connectivity index (χ4v) is 1.11. The van der Waals surface area contributed by atoms with E-state index < -0.39 is 6.10 Å². The Kier molecular flexibility index (Phi) is 4.30. The highest BCUT2D eigenvalue weighted by atomic mass is 16.5. The van der Waals surface area contributed by atoms with Crippen LogP contribution in [0.15, 0.2) is 30.3 Å². The topological polar surface area (TPSA) is 29.5 Å². The number of ether oxygens (including phenoxy) is 1. The zero-order valence-electron chi connectivity index (χ0n) is 9.73. The lowest BCUT2D eigenvalue weighted by molar-refractivity contribution is -0.0259. The molecule has 1 atom stereocenters. The van der Waals surface area contributed by atoms with Crippen LogP contribution in [0.25, 0.3) is 0 Å². The minimum Gasteiger partial charge on any atom is -0.390 e. The monoisotopic (exact) mass is 208 g/mol. The van der Waals surface area contributed by atoms with Crippen LogP contribution in [0.5, 0.6) is 0 Å². The van der Waals surface area contributed by atoms with Crippen LogP contribution in [0.1, 0.15) is 26.3 Å². The maximum atomic E-state index is 9.74. The number of hydrogen-bond donors (Lipinski definition) is 1. The molecule has 0 bridgehead atoms. The number of hydrogen-bond acceptors (Lipinski definition) is 2. The Hall–Kier alpha value is -0.860. The Morgan fingerprint density at radius 1 is 1.20 bits per heavy atom. The molecule has 2 heteroatoms. The molecule has 0 aromatic heterocycles. The van der Waals surface area contributed by atoms with Gasteiger partial charge in [-0.15, -0.1) is 0 Å². The molecule has 0 fully saturated rings. The van der Waals surface area contributed by atoms with E-state index in [1.54, 1.807) is 0 Å². The molecule has 1 N–H and O–H groups in total. The summed E-state index contributed by atoms with van der Waals surface area (Å²) in [4.78, 5) is 0. The molecule has 0 unspecified atom stereocenters. The maximum absolute atomic E-state index is 9.74. The van der Waals surface area contributed by atoms with Crippen LogP contribution in [-0.4, -0.2) is 17.8 Å². The van der Waals surface area contributed by atoms with Crippen molar-refractivity contribution in [1.29, 1.82) is 0 Å². The fraction of sp³-hybridized carbons (Fsp3) is 0.538. The van der Waals surface area contributed by atoms with Gasteiger partial charge in [0.2, 0.25) is 0 Å². The second kappa shape index (κ2) is 5.29. The van der Waals surface area contributed by atoms with Gasteiger partial charge in [0.15, 0.2) is 0 Å². The van der Waals surface area contributed by atoms with Crippen LogP contribution in [-0.2, 0) is 11.3 Å². The number of aliphatic hydroxyl groups is 1. The van der Waals surface area contributed by atoms with Gasteiger partial charge in [0.05, 0.1) is 19.3 Å². The normalized spacial score (nSPS) is 13.9. The Morgan fingerprint density at radius 3 is 2.33 bits per heavy atom. The molecular weight excluding hydrogens is 188 g/mol. The van der Waals surface area contributed by atoms with Crippen molar-refractivity contribution in [2.24, 2.45) is 5.41 Å². The smallest absolute Gasteiger partial charge is 0.0821 e. The van der Waals surface area contributed by atoms with E-state index >= 15 is 0 Å². The molecule has 1 rings (SSSR count). The van der Waals surface area contributed by atoms with Gasteiger partial charge in [-0.05, 0) is 11.0 Å². The highest BCUT2D eigenvalue weighted by Gasteiger charge is 2.21. The molecule has 15 heavy (non-hydrogen) atoms. The van der Waals surface area contributed by atoms with E-state index in [1.165, 1.54) is 0 Å². The van der Waals surface area contributed by atoms with E-state index in [0.29, 0.717) is 13.2 Å². The van der Waals surface area contributed by atoms with E-state index in [2.05, 4.69) is 0 Å². The van der Waals surface area contributed by atoms with Crippen molar-refractivity contribution < 1.29 is 9.84 Å². The predicted molar refractivity (Wildman–Crippen MR) is 61.6 cm³/mol. The lowest BCUT2D eigenvalue weighted by Gasteiger charge is -2.25. The standard InChI is InChI=1S/C13H20O2/c1-13(2,3)12(14)10-15-9-11-7-5-4-6-8-11/h4-8,12,14H,9-10H2,1-3H3/t12-/m0/s1. The quantitative estimate of drug-likeness (QED) is 0.824. The van der Waals surface area contributed by atoms with Crippen LogP contribution >= 0.6 is 0 Å². The van der Waals surface area contributed by atoms with Crippen molar-refractivity contribution in [3.8, 4) is 0 Å². The average molecular weight is 208 g/mol. The van der Waals surface area contributed by atoms with Gasteiger partial charge >= 0.3 is 0 Å². The third-order valence-corrected chi connectivity index (χ3v) is 2.39. The molecule has 84 valence electrons. The van der Waals surface area contributed by atoms with Crippen LogP contribution in [0.3, 0.4) is 0 Å². The van der Waals surface area contributed by atoms with Crippen molar-refractivity contribution in [3.63, 3.8) is 0 Å². The van der Waals surface area contributed by atoms with Gasteiger partial charge in [-0.25, -0.2) is 0 Å². The molecule has 0 saturated carbocycles. The van der Waals surface area contributed by atoms with Gasteiger partial charge in [-0.1, -0.05) is 51.1 Å². The summed E-state index contributed by atoms with van der Waals surface area (Å²) in [5.74, 6) is 0. The van der Waals surface area contributed by atoms with Crippen molar-refractivity contribution in [3.05, 3.63) is 35.9 Å². The summed E-state index contributed by atoms with van der Waals surface area (Å²) >= 11 is 0. The van der Waals surface area contributed by atoms with Crippen molar-refractivity contribution >= 4 is 0 Å². The van der Waals surface area contributed by atoms with Gasteiger partial charge in [-0.3, -0.25) is 0 Å². The highest BCUT2D eigenvalue weighted by Crippen LogP contribution is 2.19. The summed E-state index contributed by atoms with van der Waals surface area (Å²) in [6, 6.07) is 9.98. The minimum atomic E-state index is -0.416. The zero-order chi connectivity index (χ0) is 11.3. The van der Waals surface area contributed by atoms with Crippen LogP contribution in [0.2, 0.25) is 0 Å². The molecule has 0 aliphatic carbocycles. The van der Waals surface area contributed by atoms with E-state index in [4.69, 9.17) is 4.74 Å². The van der Waals surface area contributed by atoms with Crippen molar-refractivity contribution in [1.82, 2.24) is 0 Å². The van der Waals surface area contributed by atoms with Crippen molar-refractivity contribution in [2.75, 3.05) is 6.61 Å². The molecule has 0 spiro atoms. The number of rotatable bonds is 4. The SMILES string of the molecule is CC(C)(C)[C@@H](O)COCc1ccccc1. The summed E-state index contributed by atoms with van der Waals surface area (Å²) in [5, 5.41) is 9.74. The van der Waals surface area contributed by atoms with Crippen LogP contribution in [0, 0.1) is 5.41 Å². The van der Waals surface area contributed by atoms with E-state index in [0.717, 1.165) is 5.56 Å². The first kappa shape index (κ1) is 12.2. The second-order valence-electron chi connectivity index (χ2n) is 4.88. The molecule has 2 nitrogen and oxygen atoms in total. The van der Waals surface area contributed by atoms with Gasteiger partial charge < -0.3 is 9.84 Å². The summed E-state index contributed by atoms with van der Waals surface area (Å²) in [6.07, 6.45) is -0.416. The first-order chi connectivity index (χ1) is 7.00. The molecule has 0 saturated heterocycles. The maximum Gasteiger partial charge on any atom is 0.0821 e. The van der Waals surface area contributed by atoms with Gasteiger partial charge in [-0.2, -0.15) is 0 Å². The molecule has 1 aromatic carbocycles. The largest absolute Gasteiger partial charge is 0.390 e. The molecule has 0 heterocycles. The lowest BCUT2D eigenvalue weighted by Crippen LogP contribution is -2.30. The third-order valence-electron chi connectivity index (χ3n) is 2.39. The second-order valence-corrected chi connectivity index (χ2v) is 4.88. The fourth-order valence-electron chi connectivity index (χ4n) is 1.11. The van der Waals surface area contributed by atoms with Gasteiger partial charge in [0.25, 0.3) is 0 Å². The molecule has 0 aliphatic heterocycles. The lowest BCUT2D eigenvalue weighted by atomic mass is 9.90. The molecular formula is C13H20O2. The Labute approximate surface area is 91.9 Å². The molecule has 0 aliphatic rings. The molecule has 0 amide bonds. The van der Waals surface area contributed by atoms with Crippen LogP contribution < -0.4 is 0 Å². The zero-order valence-corrected chi connectivity index (χ0v) is 9.73. The predicted octanol–water partition coefficient (Wildman–Crippen LogP) is 2.61. The van der Waals surface area contributed by atoms with Crippen molar-refractivity contribution in [2.45, 2.75) is 33.5 Å². The first-order valence-corrected chi connectivity index (χ1v) is 5.30. The summed E-state index contributed by atoms with van der Waals surface area (Å²) in [5.41, 5.74) is 1.02. The Balaban J connectivity index is 2.28. The number of aliphatic hydroxyl groups excluding tert-OH is 1. The van der Waals surface area contributed by atoms with Gasteiger partial charge in [0.1, 0.15) is 0 Å². The Morgan fingerprint density at radius 2 is 1.80 bits per heavy atom. The van der Waals surface area contributed by atoms with Crippen LogP contribution in [0.4, 0.5) is 0 Å². The molecule has 0 radical (unpaired) electrons. The first-order valence-electron chi connectivity index (χ1n) is 5.30.